The molecule has 0 heterocycles. The van der Waals surface area contributed by atoms with Crippen molar-refractivity contribution in [3.05, 3.63) is 90.0 Å². The van der Waals surface area contributed by atoms with Crippen molar-refractivity contribution in [2.45, 2.75) is 18.4 Å². The van der Waals surface area contributed by atoms with Gasteiger partial charge in [-0.15, -0.1) is 0 Å². The van der Waals surface area contributed by atoms with Gasteiger partial charge < -0.3 is 5.32 Å². The number of amides is 2. The van der Waals surface area contributed by atoms with Gasteiger partial charge in [0.05, 0.1) is 4.90 Å². The van der Waals surface area contributed by atoms with Gasteiger partial charge in [0.2, 0.25) is 0 Å². The molecule has 0 bridgehead atoms. The molecule has 3 aromatic carbocycles. The van der Waals surface area contributed by atoms with Gasteiger partial charge in [-0.2, -0.15) is 0 Å². The van der Waals surface area contributed by atoms with Crippen molar-refractivity contribution in [3.63, 3.8) is 0 Å². The van der Waals surface area contributed by atoms with Gasteiger partial charge in [0.25, 0.3) is 10.0 Å². The summed E-state index contributed by atoms with van der Waals surface area (Å²) in [5.41, 5.74) is 2.77. The standard InChI is InChI=1S/C21H20N2O3S/c1-16-9-8-14-19(18-12-6-3-7-13-18)20(16)27(25,26)23-21(24)22-15-17-10-4-2-5-11-17/h2-14H,15H2,1H3,(H2,22,23,24). The van der Waals surface area contributed by atoms with Gasteiger partial charge in [-0.1, -0.05) is 78.9 Å². The lowest BCUT2D eigenvalue weighted by molar-refractivity contribution is 0.245. The van der Waals surface area contributed by atoms with Crippen molar-refractivity contribution in [1.29, 1.82) is 0 Å². The molecule has 27 heavy (non-hydrogen) atoms. The Kier molecular flexibility index (Phi) is 5.57. The van der Waals surface area contributed by atoms with Crippen molar-refractivity contribution in [2.24, 2.45) is 0 Å². The number of urea groups is 1. The largest absolute Gasteiger partial charge is 0.333 e. The molecule has 0 fully saturated rings. The Bertz CT molecular complexity index is 1030. The minimum Gasteiger partial charge on any atom is -0.333 e. The average molecular weight is 380 g/mol. The van der Waals surface area contributed by atoms with E-state index < -0.39 is 16.1 Å². The second-order valence-corrected chi connectivity index (χ2v) is 7.71. The van der Waals surface area contributed by atoms with E-state index in [0.29, 0.717) is 11.1 Å². The molecule has 3 rings (SSSR count). The molecular weight excluding hydrogens is 360 g/mol. The number of nitrogens with one attached hydrogen (secondary N) is 2. The fraction of sp³-hybridized carbons (Fsp3) is 0.0952. The number of hydrogen-bond donors (Lipinski definition) is 2. The smallest absolute Gasteiger partial charge is 0.328 e. The molecule has 0 aliphatic rings. The molecule has 0 aliphatic heterocycles. The Hall–Kier alpha value is -3.12. The van der Waals surface area contributed by atoms with Gasteiger partial charge in [-0.25, -0.2) is 17.9 Å². The molecule has 2 amide bonds. The predicted molar refractivity (Wildman–Crippen MR) is 106 cm³/mol. The number of carbonyl (C=O) groups excluding carboxylic acids is 1. The van der Waals surface area contributed by atoms with Gasteiger partial charge in [-0.3, -0.25) is 0 Å². The normalized spacial score (nSPS) is 11.0. The minimum atomic E-state index is -4.04. The summed E-state index contributed by atoms with van der Waals surface area (Å²) in [6.45, 7) is 1.95. The molecule has 0 aliphatic carbocycles. The molecule has 2 N–H and O–H groups in total. The summed E-state index contributed by atoms with van der Waals surface area (Å²) in [5.74, 6) is 0. The SMILES string of the molecule is Cc1cccc(-c2ccccc2)c1S(=O)(=O)NC(=O)NCc1ccccc1. The fourth-order valence-corrected chi connectivity index (χ4v) is 4.23. The number of sulfonamides is 1. The van der Waals surface area contributed by atoms with Crippen LogP contribution in [0.5, 0.6) is 0 Å². The topological polar surface area (TPSA) is 75.3 Å². The monoisotopic (exact) mass is 380 g/mol. The first-order valence-electron chi connectivity index (χ1n) is 8.47. The van der Waals surface area contributed by atoms with Crippen LogP contribution in [0.4, 0.5) is 4.79 Å². The van der Waals surface area contributed by atoms with Crippen LogP contribution in [0.2, 0.25) is 0 Å². The molecule has 0 aromatic heterocycles. The van der Waals surface area contributed by atoms with Crippen molar-refractivity contribution in [1.82, 2.24) is 10.0 Å². The minimum absolute atomic E-state index is 0.103. The van der Waals surface area contributed by atoms with Gasteiger partial charge in [0, 0.05) is 12.1 Å². The van der Waals surface area contributed by atoms with Gasteiger partial charge in [0.15, 0.2) is 0 Å². The van der Waals surface area contributed by atoms with Crippen LogP contribution in [-0.2, 0) is 16.6 Å². The molecule has 0 radical (unpaired) electrons. The maximum atomic E-state index is 12.9. The van der Waals surface area contributed by atoms with Crippen LogP contribution >= 0.6 is 0 Å². The van der Waals surface area contributed by atoms with Crippen LogP contribution in [-0.4, -0.2) is 14.4 Å². The molecule has 6 heteroatoms. The van der Waals surface area contributed by atoms with Crippen molar-refractivity contribution >= 4 is 16.1 Å². The molecule has 0 unspecified atom stereocenters. The first-order chi connectivity index (χ1) is 13.0. The number of benzene rings is 3. The summed E-state index contributed by atoms with van der Waals surface area (Å²) in [4.78, 5) is 12.3. The lowest BCUT2D eigenvalue weighted by Crippen LogP contribution is -2.39. The first kappa shape index (κ1) is 18.7. The lowest BCUT2D eigenvalue weighted by atomic mass is 10.0. The molecule has 0 atom stereocenters. The van der Waals surface area contributed by atoms with E-state index in [1.165, 1.54) is 0 Å². The molecule has 5 nitrogen and oxygen atoms in total. The van der Waals surface area contributed by atoms with Crippen LogP contribution in [0.1, 0.15) is 11.1 Å². The van der Waals surface area contributed by atoms with E-state index in [1.807, 2.05) is 60.7 Å². The summed E-state index contributed by atoms with van der Waals surface area (Å²) in [6, 6.07) is 23.0. The predicted octanol–water partition coefficient (Wildman–Crippen LogP) is 3.85. The van der Waals surface area contributed by atoms with Gasteiger partial charge in [0.1, 0.15) is 0 Å². The molecule has 0 spiro atoms. The molecule has 0 saturated heterocycles. The summed E-state index contributed by atoms with van der Waals surface area (Å²) in [6.07, 6.45) is 0. The quantitative estimate of drug-likeness (QED) is 0.706. The third-order valence-electron chi connectivity index (χ3n) is 4.09. The van der Waals surface area contributed by atoms with Crippen molar-refractivity contribution in [3.8, 4) is 11.1 Å². The Morgan fingerprint density at radius 3 is 2.15 bits per heavy atom. The number of carbonyl (C=O) groups is 1. The van der Waals surface area contributed by atoms with Crippen LogP contribution in [0.25, 0.3) is 11.1 Å². The molecule has 3 aromatic rings. The Labute approximate surface area is 159 Å². The highest BCUT2D eigenvalue weighted by Crippen LogP contribution is 2.29. The summed E-state index contributed by atoms with van der Waals surface area (Å²) < 4.78 is 27.9. The Morgan fingerprint density at radius 2 is 1.48 bits per heavy atom. The maximum absolute atomic E-state index is 12.9. The van der Waals surface area contributed by atoms with Crippen molar-refractivity contribution < 1.29 is 13.2 Å². The van der Waals surface area contributed by atoms with Gasteiger partial charge >= 0.3 is 6.03 Å². The average Bonchev–Trinajstić information content (AvgIpc) is 2.67. The summed E-state index contributed by atoms with van der Waals surface area (Å²) >= 11 is 0. The second-order valence-electron chi connectivity index (χ2n) is 6.09. The van der Waals surface area contributed by atoms with E-state index >= 15 is 0 Å². The van der Waals surface area contributed by atoms with E-state index in [1.54, 1.807) is 25.1 Å². The van der Waals surface area contributed by atoms with E-state index in [9.17, 15) is 13.2 Å². The second kappa shape index (κ2) is 8.05. The van der Waals surface area contributed by atoms with Crippen LogP contribution in [0.3, 0.4) is 0 Å². The molecular formula is C21H20N2O3S. The highest BCUT2D eigenvalue weighted by Gasteiger charge is 2.23. The van der Waals surface area contributed by atoms with E-state index in [0.717, 1.165) is 11.1 Å². The summed E-state index contributed by atoms with van der Waals surface area (Å²) in [5, 5.41) is 2.57. The van der Waals surface area contributed by atoms with E-state index in [2.05, 4.69) is 10.0 Å². The zero-order chi connectivity index (χ0) is 19.3. The zero-order valence-corrected chi connectivity index (χ0v) is 15.7. The Morgan fingerprint density at radius 1 is 0.852 bits per heavy atom. The van der Waals surface area contributed by atoms with Crippen molar-refractivity contribution in [2.75, 3.05) is 0 Å². The van der Waals surface area contributed by atoms with Gasteiger partial charge in [-0.05, 0) is 23.6 Å². The number of hydrogen-bond acceptors (Lipinski definition) is 3. The number of rotatable bonds is 5. The van der Waals surface area contributed by atoms with Crippen LogP contribution in [0, 0.1) is 6.92 Å². The first-order valence-corrected chi connectivity index (χ1v) is 9.95. The highest BCUT2D eigenvalue weighted by molar-refractivity contribution is 7.90. The van der Waals surface area contributed by atoms with E-state index in [4.69, 9.17) is 0 Å². The molecule has 0 saturated carbocycles. The third-order valence-corrected chi connectivity index (χ3v) is 5.62. The van der Waals surface area contributed by atoms with E-state index in [-0.39, 0.29) is 11.4 Å². The summed E-state index contributed by atoms with van der Waals surface area (Å²) in [7, 11) is -4.04. The van der Waals surface area contributed by atoms with Crippen LogP contribution in [0.15, 0.2) is 83.8 Å². The third kappa shape index (κ3) is 4.54. The fourth-order valence-electron chi connectivity index (χ4n) is 2.84. The maximum Gasteiger partial charge on any atom is 0.328 e. The lowest BCUT2D eigenvalue weighted by Gasteiger charge is -2.15. The zero-order valence-electron chi connectivity index (χ0n) is 14.8. The highest BCUT2D eigenvalue weighted by atomic mass is 32.2. The number of aryl methyl sites for hydroxylation is 1. The Balaban J connectivity index is 1.84. The van der Waals surface area contributed by atoms with Crippen LogP contribution < -0.4 is 10.0 Å². The molecule has 138 valence electrons.